The van der Waals surface area contributed by atoms with E-state index in [9.17, 15) is 8.42 Å². The van der Waals surface area contributed by atoms with Gasteiger partial charge in [0.1, 0.15) is 0 Å². The number of aromatic nitrogens is 1. The van der Waals surface area contributed by atoms with Gasteiger partial charge in [0, 0.05) is 26.2 Å². The van der Waals surface area contributed by atoms with Crippen LogP contribution in [-0.4, -0.2) is 19.2 Å². The van der Waals surface area contributed by atoms with E-state index in [0.29, 0.717) is 0 Å². The van der Waals surface area contributed by atoms with Gasteiger partial charge in [0.25, 0.3) is 10.0 Å². The van der Waals surface area contributed by atoms with Gasteiger partial charge in [-0.05, 0) is 85.8 Å². The van der Waals surface area contributed by atoms with Crippen molar-refractivity contribution in [1.82, 2.24) is 9.40 Å². The lowest BCUT2D eigenvalue weighted by molar-refractivity contribution is 0.584. The third-order valence-corrected chi connectivity index (χ3v) is 6.22. The van der Waals surface area contributed by atoms with Gasteiger partial charge in [-0.3, -0.25) is 0 Å². The molecule has 0 spiro atoms. The van der Waals surface area contributed by atoms with Crippen molar-refractivity contribution in [3.05, 3.63) is 80.7 Å². The van der Waals surface area contributed by atoms with Crippen molar-refractivity contribution in [2.24, 2.45) is 5.10 Å². The molecule has 0 amide bonds. The maximum Gasteiger partial charge on any atom is 0.276 e. The van der Waals surface area contributed by atoms with Crippen LogP contribution in [0.15, 0.2) is 64.6 Å². The van der Waals surface area contributed by atoms with E-state index in [1.54, 1.807) is 24.3 Å². The van der Waals surface area contributed by atoms with Crippen molar-refractivity contribution in [1.29, 1.82) is 0 Å². The maximum absolute atomic E-state index is 12.3. The number of aryl methyl sites for hydroxylation is 2. The fourth-order valence-electron chi connectivity index (χ4n) is 2.84. The number of nitrogens with one attached hydrogen (secondary N) is 1. The largest absolute Gasteiger partial charge is 0.318 e. The highest BCUT2D eigenvalue weighted by Crippen LogP contribution is 2.20. The highest BCUT2D eigenvalue weighted by Gasteiger charge is 2.13. The second kappa shape index (κ2) is 7.85. The Morgan fingerprint density at radius 1 is 1.00 bits per heavy atom. The van der Waals surface area contributed by atoms with Crippen LogP contribution in [0.2, 0.25) is 0 Å². The fourth-order valence-corrected chi connectivity index (χ4v) is 3.99. The minimum absolute atomic E-state index is 0.189. The molecule has 0 radical (unpaired) electrons. The molecule has 1 N–H and O–H groups in total. The van der Waals surface area contributed by atoms with Gasteiger partial charge in [0.05, 0.1) is 11.1 Å². The Balaban J connectivity index is 1.83. The standard InChI is InChI=1S/C20H20IN3O2S/c1-14-4-10-20(11-5-14)27(25,26)23-22-13-17-12-15(2)24(16(17)3)19-8-6-18(21)7-9-19/h4-13,23H,1-3H3/b22-13-. The zero-order valence-electron chi connectivity index (χ0n) is 15.3. The van der Waals surface area contributed by atoms with Crippen LogP contribution in [0.25, 0.3) is 5.69 Å². The molecule has 3 rings (SSSR count). The number of benzene rings is 2. The highest BCUT2D eigenvalue weighted by molar-refractivity contribution is 14.1. The first-order valence-corrected chi connectivity index (χ1v) is 10.9. The molecule has 1 aromatic heterocycles. The zero-order chi connectivity index (χ0) is 19.6. The van der Waals surface area contributed by atoms with E-state index >= 15 is 0 Å². The molecular weight excluding hydrogens is 473 g/mol. The van der Waals surface area contributed by atoms with Gasteiger partial charge in [-0.1, -0.05) is 17.7 Å². The molecule has 0 aliphatic rings. The van der Waals surface area contributed by atoms with Crippen molar-refractivity contribution >= 4 is 38.8 Å². The van der Waals surface area contributed by atoms with Crippen LogP contribution >= 0.6 is 22.6 Å². The van der Waals surface area contributed by atoms with Gasteiger partial charge in [-0.15, -0.1) is 0 Å². The predicted molar refractivity (Wildman–Crippen MR) is 117 cm³/mol. The van der Waals surface area contributed by atoms with Gasteiger partial charge in [0.2, 0.25) is 0 Å². The van der Waals surface area contributed by atoms with Gasteiger partial charge >= 0.3 is 0 Å². The summed E-state index contributed by atoms with van der Waals surface area (Å²) in [6.45, 7) is 5.91. The quantitative estimate of drug-likeness (QED) is 0.327. The molecule has 0 unspecified atom stereocenters. The summed E-state index contributed by atoms with van der Waals surface area (Å²) in [5.41, 5.74) is 4.96. The van der Waals surface area contributed by atoms with Crippen LogP contribution in [0.4, 0.5) is 0 Å². The monoisotopic (exact) mass is 493 g/mol. The van der Waals surface area contributed by atoms with Crippen LogP contribution in [0, 0.1) is 24.3 Å². The first kappa shape index (κ1) is 19.6. The molecule has 2 aromatic carbocycles. The summed E-state index contributed by atoms with van der Waals surface area (Å²) in [4.78, 5) is 2.47. The maximum atomic E-state index is 12.3. The lowest BCUT2D eigenvalue weighted by Gasteiger charge is -2.09. The summed E-state index contributed by atoms with van der Waals surface area (Å²) in [6, 6.07) is 16.9. The molecule has 5 nitrogen and oxygen atoms in total. The lowest BCUT2D eigenvalue weighted by Crippen LogP contribution is -2.18. The molecule has 0 saturated heterocycles. The third-order valence-electron chi connectivity index (χ3n) is 4.26. The Kier molecular flexibility index (Phi) is 5.71. The summed E-state index contributed by atoms with van der Waals surface area (Å²) < 4.78 is 27.9. The fraction of sp³-hybridized carbons (Fsp3) is 0.150. The molecule has 140 valence electrons. The van der Waals surface area contributed by atoms with E-state index in [4.69, 9.17) is 0 Å². The van der Waals surface area contributed by atoms with E-state index in [1.165, 1.54) is 9.78 Å². The molecule has 0 saturated carbocycles. The molecule has 0 bridgehead atoms. The minimum Gasteiger partial charge on any atom is -0.318 e. The second-order valence-corrected chi connectivity index (χ2v) is 9.21. The number of halogens is 1. The molecule has 7 heteroatoms. The number of hydrogen-bond donors (Lipinski definition) is 1. The molecule has 3 aromatic rings. The second-order valence-electron chi connectivity index (χ2n) is 6.30. The van der Waals surface area contributed by atoms with Crippen molar-refractivity contribution in [3.63, 3.8) is 0 Å². The Bertz CT molecular complexity index is 1080. The van der Waals surface area contributed by atoms with Crippen LogP contribution in [-0.2, 0) is 10.0 Å². The summed E-state index contributed by atoms with van der Waals surface area (Å²) >= 11 is 2.27. The summed E-state index contributed by atoms with van der Waals surface area (Å²) in [6.07, 6.45) is 1.54. The Hall–Kier alpha value is -2.13. The SMILES string of the molecule is Cc1ccc(S(=O)(=O)N/N=C\c2cc(C)n(-c3ccc(I)cc3)c2C)cc1. The molecule has 27 heavy (non-hydrogen) atoms. The van der Waals surface area contributed by atoms with Crippen molar-refractivity contribution in [3.8, 4) is 5.69 Å². The van der Waals surface area contributed by atoms with Crippen molar-refractivity contribution in [2.75, 3.05) is 0 Å². The highest BCUT2D eigenvalue weighted by atomic mass is 127. The topological polar surface area (TPSA) is 63.5 Å². The minimum atomic E-state index is -3.68. The number of hydrogen-bond acceptors (Lipinski definition) is 3. The zero-order valence-corrected chi connectivity index (χ0v) is 18.2. The van der Waals surface area contributed by atoms with E-state index in [0.717, 1.165) is 28.2 Å². The lowest BCUT2D eigenvalue weighted by atomic mass is 10.2. The van der Waals surface area contributed by atoms with Crippen LogP contribution in [0.3, 0.4) is 0 Å². The van der Waals surface area contributed by atoms with Crippen molar-refractivity contribution < 1.29 is 8.42 Å². The van der Waals surface area contributed by atoms with E-state index in [-0.39, 0.29) is 4.90 Å². The van der Waals surface area contributed by atoms with Gasteiger partial charge in [-0.2, -0.15) is 13.5 Å². The van der Waals surface area contributed by atoms with Gasteiger partial charge in [-0.25, -0.2) is 4.83 Å². The Labute approximate surface area is 173 Å². The average molecular weight is 493 g/mol. The Morgan fingerprint density at radius 2 is 1.63 bits per heavy atom. The van der Waals surface area contributed by atoms with Crippen LogP contribution < -0.4 is 4.83 Å². The van der Waals surface area contributed by atoms with E-state index < -0.39 is 10.0 Å². The number of nitrogens with zero attached hydrogens (tertiary/aromatic N) is 2. The third kappa shape index (κ3) is 4.41. The first-order chi connectivity index (χ1) is 12.8. The molecule has 0 aliphatic heterocycles. The number of sulfonamides is 1. The normalized spacial score (nSPS) is 11.9. The Morgan fingerprint density at radius 3 is 2.26 bits per heavy atom. The first-order valence-electron chi connectivity index (χ1n) is 8.34. The van der Waals surface area contributed by atoms with Gasteiger partial charge in [0.15, 0.2) is 0 Å². The molecule has 0 atom stereocenters. The molecule has 1 heterocycles. The van der Waals surface area contributed by atoms with Crippen molar-refractivity contribution in [2.45, 2.75) is 25.7 Å². The van der Waals surface area contributed by atoms with Gasteiger partial charge < -0.3 is 4.57 Å². The van der Waals surface area contributed by atoms with Crippen LogP contribution in [0.5, 0.6) is 0 Å². The molecular formula is C20H20IN3O2S. The van der Waals surface area contributed by atoms with E-state index in [1.807, 2.05) is 26.8 Å². The van der Waals surface area contributed by atoms with Crippen LogP contribution in [0.1, 0.15) is 22.5 Å². The predicted octanol–water partition coefficient (Wildman–Crippen LogP) is 4.32. The van der Waals surface area contributed by atoms with E-state index in [2.05, 4.69) is 61.4 Å². The molecule has 0 fully saturated rings. The summed E-state index contributed by atoms with van der Waals surface area (Å²) in [5.74, 6) is 0. The number of hydrazone groups is 1. The number of rotatable bonds is 5. The summed E-state index contributed by atoms with van der Waals surface area (Å²) in [7, 11) is -3.68. The summed E-state index contributed by atoms with van der Waals surface area (Å²) in [5, 5.41) is 3.96. The average Bonchev–Trinajstić information content (AvgIpc) is 2.90. The molecule has 0 aliphatic carbocycles. The smallest absolute Gasteiger partial charge is 0.276 e.